The van der Waals surface area contributed by atoms with Gasteiger partial charge in [-0.05, 0) is 75.8 Å². The fraction of sp³-hybridized carbons (Fsp3) is 0.143. The van der Waals surface area contributed by atoms with Gasteiger partial charge in [-0.2, -0.15) is 0 Å². The smallest absolute Gasteiger partial charge is 0.293 e. The first kappa shape index (κ1) is 21.7. The number of hydrogen-bond acceptors (Lipinski definition) is 5. The minimum atomic E-state index is -0.315. The standard InChI is InChI=1S/C21H15BrINO4S/c1-3-8-28-19-16(23)9-14(10-17(19)27-2)11-18-20(25)24(21(26)29-18)12-13-4-6-15(22)7-5-13/h1,4-7,9-11H,8,12H2,2H3/b18-11-. The van der Waals surface area contributed by atoms with Crippen molar-refractivity contribution in [3.63, 3.8) is 0 Å². The molecule has 1 heterocycles. The van der Waals surface area contributed by atoms with Crippen LogP contribution >= 0.6 is 50.3 Å². The van der Waals surface area contributed by atoms with Crippen molar-refractivity contribution < 1.29 is 19.1 Å². The lowest BCUT2D eigenvalue weighted by Gasteiger charge is -2.13. The molecule has 29 heavy (non-hydrogen) atoms. The number of carbonyl (C=O) groups is 2. The summed E-state index contributed by atoms with van der Waals surface area (Å²) in [5, 5.41) is -0.292. The third kappa shape index (κ3) is 5.15. The van der Waals surface area contributed by atoms with E-state index in [1.54, 1.807) is 12.1 Å². The molecule has 5 nitrogen and oxygen atoms in total. The molecule has 1 aliphatic rings. The maximum atomic E-state index is 12.8. The number of benzene rings is 2. The summed E-state index contributed by atoms with van der Waals surface area (Å²) < 4.78 is 12.6. The lowest BCUT2D eigenvalue weighted by Crippen LogP contribution is -2.27. The number of imide groups is 1. The van der Waals surface area contributed by atoms with E-state index in [0.29, 0.717) is 16.4 Å². The van der Waals surface area contributed by atoms with E-state index in [-0.39, 0.29) is 24.3 Å². The van der Waals surface area contributed by atoms with Gasteiger partial charge in [0.05, 0.1) is 22.1 Å². The van der Waals surface area contributed by atoms with E-state index in [1.807, 2.05) is 30.3 Å². The summed E-state index contributed by atoms with van der Waals surface area (Å²) in [5.74, 6) is 3.16. The van der Waals surface area contributed by atoms with Gasteiger partial charge < -0.3 is 9.47 Å². The first-order chi connectivity index (χ1) is 13.9. The van der Waals surface area contributed by atoms with Crippen molar-refractivity contribution in [1.82, 2.24) is 4.90 Å². The van der Waals surface area contributed by atoms with Crippen molar-refractivity contribution in [2.24, 2.45) is 0 Å². The molecule has 0 N–H and O–H groups in total. The number of thioether (sulfide) groups is 1. The molecular weight excluding hydrogens is 569 g/mol. The predicted octanol–water partition coefficient (Wildman–Crippen LogP) is 5.31. The molecule has 0 bridgehead atoms. The molecule has 1 fully saturated rings. The normalized spacial score (nSPS) is 15.0. The Balaban J connectivity index is 1.84. The van der Waals surface area contributed by atoms with E-state index in [4.69, 9.17) is 15.9 Å². The van der Waals surface area contributed by atoms with Crippen molar-refractivity contribution in [3.05, 3.63) is 60.5 Å². The summed E-state index contributed by atoms with van der Waals surface area (Å²) in [4.78, 5) is 26.7. The van der Waals surface area contributed by atoms with E-state index >= 15 is 0 Å². The molecule has 2 aromatic carbocycles. The fourth-order valence-electron chi connectivity index (χ4n) is 2.64. The first-order valence-corrected chi connectivity index (χ1v) is 11.1. The zero-order valence-corrected chi connectivity index (χ0v) is 19.8. The second-order valence-electron chi connectivity index (χ2n) is 5.92. The van der Waals surface area contributed by atoms with Crippen LogP contribution in [0.4, 0.5) is 4.79 Å². The summed E-state index contributed by atoms with van der Waals surface area (Å²) in [6.07, 6.45) is 6.94. The minimum absolute atomic E-state index is 0.126. The molecule has 2 aromatic rings. The van der Waals surface area contributed by atoms with Gasteiger partial charge in [0, 0.05) is 4.47 Å². The van der Waals surface area contributed by atoms with E-state index in [9.17, 15) is 9.59 Å². The average molecular weight is 584 g/mol. The topological polar surface area (TPSA) is 55.8 Å². The van der Waals surface area contributed by atoms with Gasteiger partial charge in [-0.3, -0.25) is 14.5 Å². The summed E-state index contributed by atoms with van der Waals surface area (Å²) >= 11 is 6.42. The van der Waals surface area contributed by atoms with Gasteiger partial charge in [-0.25, -0.2) is 0 Å². The molecule has 8 heteroatoms. The average Bonchev–Trinajstić information content (AvgIpc) is 2.95. The van der Waals surface area contributed by atoms with Crippen LogP contribution in [0, 0.1) is 15.9 Å². The summed E-state index contributed by atoms with van der Waals surface area (Å²) in [6.45, 7) is 0.357. The number of halogens is 2. The van der Waals surface area contributed by atoms with Gasteiger partial charge >= 0.3 is 0 Å². The summed E-state index contributed by atoms with van der Waals surface area (Å²) in [7, 11) is 1.53. The quantitative estimate of drug-likeness (QED) is 0.262. The van der Waals surface area contributed by atoms with Crippen LogP contribution in [-0.4, -0.2) is 29.8 Å². The number of ether oxygens (including phenoxy) is 2. The maximum Gasteiger partial charge on any atom is 0.293 e. The van der Waals surface area contributed by atoms with Crippen molar-refractivity contribution in [1.29, 1.82) is 0 Å². The van der Waals surface area contributed by atoms with Crippen LogP contribution in [0.2, 0.25) is 0 Å². The van der Waals surface area contributed by atoms with Crippen molar-refractivity contribution in [2.75, 3.05) is 13.7 Å². The zero-order chi connectivity index (χ0) is 21.0. The van der Waals surface area contributed by atoms with E-state index < -0.39 is 0 Å². The monoisotopic (exact) mass is 583 g/mol. The highest BCUT2D eigenvalue weighted by molar-refractivity contribution is 14.1. The summed E-state index contributed by atoms with van der Waals surface area (Å²) in [6, 6.07) is 11.1. The number of rotatable bonds is 6. The highest BCUT2D eigenvalue weighted by Gasteiger charge is 2.35. The molecule has 2 amide bonds. The van der Waals surface area contributed by atoms with Crippen LogP contribution in [0.25, 0.3) is 6.08 Å². The van der Waals surface area contributed by atoms with Crippen LogP contribution in [0.5, 0.6) is 11.5 Å². The highest BCUT2D eigenvalue weighted by Crippen LogP contribution is 2.37. The number of carbonyl (C=O) groups excluding carboxylic acids is 2. The van der Waals surface area contributed by atoms with Crippen molar-refractivity contribution in [2.45, 2.75) is 6.54 Å². The second-order valence-corrected chi connectivity index (χ2v) is 8.99. The Labute approximate surface area is 195 Å². The zero-order valence-electron chi connectivity index (χ0n) is 15.3. The number of amides is 2. The fourth-order valence-corrected chi connectivity index (χ4v) is 4.52. The third-order valence-corrected chi connectivity index (χ3v) is 6.21. The van der Waals surface area contributed by atoms with Crippen LogP contribution in [0.1, 0.15) is 11.1 Å². The number of terminal acetylenes is 1. The van der Waals surface area contributed by atoms with Crippen LogP contribution in [-0.2, 0) is 11.3 Å². The molecule has 0 radical (unpaired) electrons. The molecule has 3 rings (SSSR count). The lowest BCUT2D eigenvalue weighted by molar-refractivity contribution is -0.123. The molecule has 1 saturated heterocycles. The Morgan fingerprint density at radius 3 is 2.66 bits per heavy atom. The van der Waals surface area contributed by atoms with Gasteiger partial charge in [0.15, 0.2) is 11.5 Å². The summed E-state index contributed by atoms with van der Waals surface area (Å²) in [5.41, 5.74) is 1.61. The Bertz CT molecular complexity index is 1030. The predicted molar refractivity (Wildman–Crippen MR) is 126 cm³/mol. The molecular formula is C21H15BrINO4S. The molecule has 0 saturated carbocycles. The molecule has 0 aliphatic carbocycles. The number of methoxy groups -OCH3 is 1. The Kier molecular flexibility index (Phi) is 7.27. The van der Waals surface area contributed by atoms with Crippen LogP contribution in [0.3, 0.4) is 0 Å². The van der Waals surface area contributed by atoms with Gasteiger partial charge in [-0.15, -0.1) is 6.42 Å². The highest BCUT2D eigenvalue weighted by atomic mass is 127. The Hall–Kier alpha value is -1.96. The van der Waals surface area contributed by atoms with Crippen LogP contribution in [0.15, 0.2) is 45.8 Å². The SMILES string of the molecule is C#CCOc1c(I)cc(/C=C2\SC(=O)N(Cc3ccc(Br)cc3)C2=O)cc1OC. The third-order valence-electron chi connectivity index (χ3n) is 3.98. The minimum Gasteiger partial charge on any atom is -0.493 e. The second kappa shape index (κ2) is 9.69. The van der Waals surface area contributed by atoms with Crippen LogP contribution < -0.4 is 9.47 Å². The maximum absolute atomic E-state index is 12.8. The molecule has 0 aromatic heterocycles. The number of hydrogen-bond donors (Lipinski definition) is 0. The Morgan fingerprint density at radius 2 is 2.00 bits per heavy atom. The molecule has 148 valence electrons. The number of nitrogens with zero attached hydrogens (tertiary/aromatic N) is 1. The van der Waals surface area contributed by atoms with E-state index in [1.165, 1.54) is 12.0 Å². The van der Waals surface area contributed by atoms with Gasteiger partial charge in [0.2, 0.25) is 0 Å². The first-order valence-electron chi connectivity index (χ1n) is 8.36. The van der Waals surface area contributed by atoms with Crippen molar-refractivity contribution >= 4 is 67.5 Å². The molecule has 0 atom stereocenters. The lowest BCUT2D eigenvalue weighted by atomic mass is 10.1. The van der Waals surface area contributed by atoms with Gasteiger partial charge in [0.25, 0.3) is 11.1 Å². The van der Waals surface area contributed by atoms with E-state index in [2.05, 4.69) is 44.4 Å². The van der Waals surface area contributed by atoms with Crippen molar-refractivity contribution in [3.8, 4) is 23.8 Å². The Morgan fingerprint density at radius 1 is 1.28 bits per heavy atom. The van der Waals surface area contributed by atoms with Gasteiger partial charge in [0.1, 0.15) is 6.61 Å². The van der Waals surface area contributed by atoms with E-state index in [0.717, 1.165) is 30.9 Å². The molecule has 0 unspecified atom stereocenters. The van der Waals surface area contributed by atoms with Gasteiger partial charge in [-0.1, -0.05) is 34.0 Å². The largest absolute Gasteiger partial charge is 0.493 e. The molecule has 0 spiro atoms. The molecule has 1 aliphatic heterocycles.